The molecule has 0 saturated carbocycles. The van der Waals surface area contributed by atoms with Gasteiger partial charge in [0.2, 0.25) is 0 Å². The maximum absolute atomic E-state index is 13.4. The Hall–Kier alpha value is -3.92. The summed E-state index contributed by atoms with van der Waals surface area (Å²) in [4.78, 5) is 50.7. The largest absolute Gasteiger partial charge is 0.381 e. The fourth-order valence-corrected chi connectivity index (χ4v) is 4.01. The van der Waals surface area contributed by atoms with Crippen LogP contribution in [0, 0.1) is 4.91 Å². The third-order valence-corrected chi connectivity index (χ3v) is 5.84. The number of nitroso groups, excluding NO2 is 1. The summed E-state index contributed by atoms with van der Waals surface area (Å²) in [5.74, 6) is -0.937. The fourth-order valence-electron chi connectivity index (χ4n) is 3.89. The van der Waals surface area contributed by atoms with Crippen LogP contribution in [-0.4, -0.2) is 46.6 Å². The van der Waals surface area contributed by atoms with E-state index >= 15 is 0 Å². The normalized spacial score (nSPS) is 18.0. The molecule has 2 atom stereocenters. The number of amides is 5. The van der Waals surface area contributed by atoms with Gasteiger partial charge in [0.1, 0.15) is 0 Å². The summed E-state index contributed by atoms with van der Waals surface area (Å²) >= 11 is 5.99. The summed E-state index contributed by atoms with van der Waals surface area (Å²) in [5.41, 5.74) is 3.45. The number of hydrogen-bond acceptors (Lipinski definition) is 6. The van der Waals surface area contributed by atoms with Crippen molar-refractivity contribution in [2.75, 3.05) is 17.2 Å². The first kappa shape index (κ1) is 23.2. The van der Waals surface area contributed by atoms with Gasteiger partial charge in [0, 0.05) is 34.2 Å². The number of benzene rings is 2. The number of rotatable bonds is 7. The molecular formula is C23H23ClN6O4. The van der Waals surface area contributed by atoms with Crippen LogP contribution in [0.25, 0.3) is 6.08 Å². The molecule has 1 fully saturated rings. The molecule has 0 bridgehead atoms. The molecule has 0 aromatic heterocycles. The zero-order chi connectivity index (χ0) is 24.2. The van der Waals surface area contributed by atoms with E-state index in [9.17, 15) is 19.3 Å². The van der Waals surface area contributed by atoms with E-state index in [1.165, 1.54) is 11.8 Å². The van der Waals surface area contributed by atoms with Gasteiger partial charge in [-0.25, -0.2) is 14.5 Å². The van der Waals surface area contributed by atoms with Gasteiger partial charge in [-0.1, -0.05) is 42.0 Å². The summed E-state index contributed by atoms with van der Waals surface area (Å²) in [5, 5.41) is 12.2. The number of halogens is 1. The van der Waals surface area contributed by atoms with Crippen molar-refractivity contribution in [1.29, 1.82) is 0 Å². The van der Waals surface area contributed by atoms with E-state index in [4.69, 9.17) is 11.6 Å². The molecule has 2 aromatic carbocycles. The maximum atomic E-state index is 13.4. The molecule has 34 heavy (non-hydrogen) atoms. The molecule has 4 rings (SSSR count). The molecule has 1 saturated heterocycles. The Kier molecular flexibility index (Phi) is 6.78. The number of anilines is 2. The molecule has 3 N–H and O–H groups in total. The second kappa shape index (κ2) is 9.92. The van der Waals surface area contributed by atoms with Crippen LogP contribution in [-0.2, 0) is 11.3 Å². The molecule has 1 unspecified atom stereocenters. The van der Waals surface area contributed by atoms with E-state index in [2.05, 4.69) is 21.1 Å². The van der Waals surface area contributed by atoms with Crippen LogP contribution in [0.2, 0.25) is 5.02 Å². The Balaban J connectivity index is 1.61. The van der Waals surface area contributed by atoms with Crippen LogP contribution in [0.1, 0.15) is 24.5 Å². The van der Waals surface area contributed by atoms with Gasteiger partial charge in [-0.05, 0) is 42.3 Å². The predicted octanol–water partition coefficient (Wildman–Crippen LogP) is 4.19. The van der Waals surface area contributed by atoms with Crippen molar-refractivity contribution in [3.63, 3.8) is 0 Å². The second-order valence-corrected chi connectivity index (χ2v) is 8.46. The molecule has 11 heteroatoms. The molecule has 0 spiro atoms. The van der Waals surface area contributed by atoms with Gasteiger partial charge in [-0.3, -0.25) is 15.0 Å². The van der Waals surface area contributed by atoms with E-state index in [0.717, 1.165) is 21.7 Å². The number of hydrogen-bond donors (Lipinski definition) is 3. The second-order valence-electron chi connectivity index (χ2n) is 8.03. The van der Waals surface area contributed by atoms with Crippen molar-refractivity contribution >= 4 is 47.0 Å². The quantitative estimate of drug-likeness (QED) is 0.508. The number of nitrogens with one attached hydrogen (secondary N) is 3. The van der Waals surface area contributed by atoms with E-state index < -0.39 is 30.3 Å². The van der Waals surface area contributed by atoms with E-state index in [0.29, 0.717) is 17.3 Å². The minimum atomic E-state index is -0.937. The van der Waals surface area contributed by atoms with Crippen molar-refractivity contribution in [3.05, 3.63) is 69.6 Å². The molecule has 2 aliphatic heterocycles. The third kappa shape index (κ3) is 5.01. The predicted molar refractivity (Wildman–Crippen MR) is 129 cm³/mol. The first-order valence-electron chi connectivity index (χ1n) is 10.7. The maximum Gasteiger partial charge on any atom is 0.331 e. The highest BCUT2D eigenvalue weighted by Gasteiger charge is 2.41. The smallest absolute Gasteiger partial charge is 0.331 e. The van der Waals surface area contributed by atoms with Gasteiger partial charge in [0.25, 0.3) is 5.91 Å². The van der Waals surface area contributed by atoms with Gasteiger partial charge >= 0.3 is 12.1 Å². The zero-order valence-electron chi connectivity index (χ0n) is 18.3. The zero-order valence-corrected chi connectivity index (χ0v) is 19.1. The van der Waals surface area contributed by atoms with Crippen molar-refractivity contribution < 1.29 is 14.4 Å². The highest BCUT2D eigenvalue weighted by Crippen LogP contribution is 2.27. The first-order chi connectivity index (χ1) is 16.4. The average Bonchev–Trinajstić information content (AvgIpc) is 2.82. The topological polar surface area (TPSA) is 123 Å². The van der Waals surface area contributed by atoms with Gasteiger partial charge < -0.3 is 10.6 Å². The molecule has 2 aliphatic rings. The summed E-state index contributed by atoms with van der Waals surface area (Å²) in [6, 6.07) is 10.5. The van der Waals surface area contributed by atoms with Gasteiger partial charge in [-0.15, -0.1) is 4.91 Å². The summed E-state index contributed by atoms with van der Waals surface area (Å²) < 4.78 is 0. The Bertz CT molecular complexity index is 1150. The van der Waals surface area contributed by atoms with Crippen LogP contribution in [0.15, 0.2) is 53.7 Å². The minimum Gasteiger partial charge on any atom is -0.381 e. The van der Waals surface area contributed by atoms with E-state index in [1.807, 2.05) is 30.4 Å². The number of fused-ring (bicyclic) bond motifs is 1. The molecule has 176 valence electrons. The Morgan fingerprint density at radius 2 is 2.00 bits per heavy atom. The van der Waals surface area contributed by atoms with Crippen LogP contribution in [0.3, 0.4) is 0 Å². The van der Waals surface area contributed by atoms with Gasteiger partial charge in [-0.2, -0.15) is 0 Å². The lowest BCUT2D eigenvalue weighted by atomic mass is 10.1. The summed E-state index contributed by atoms with van der Waals surface area (Å²) in [7, 11) is 0. The minimum absolute atomic E-state index is 0.156. The molecule has 0 aliphatic carbocycles. The van der Waals surface area contributed by atoms with Crippen LogP contribution in [0.5, 0.6) is 0 Å². The highest BCUT2D eigenvalue weighted by molar-refractivity contribution is 6.30. The van der Waals surface area contributed by atoms with Crippen LogP contribution < -0.4 is 16.0 Å². The standard InChI is InChI=1S/C23H23ClN6O4/c1-14(11-20(31)28-34)30-22(32)27-21(26-18-9-6-16-3-2-10-25-19(16)12-18)29(23(30)33)13-15-4-7-17(24)8-5-15/h2-9,12,14,21,25-26H,10-11,13H2,1H3,(H,27,32)/t14-,21?/m0/s1. The Labute approximate surface area is 200 Å². The SMILES string of the molecule is C[C@@H](CC(=O)N=O)N1C(=O)NC(Nc2ccc3c(c2)NCC=C3)N(Cc2ccc(Cl)cc2)C1=O. The number of carbonyl (C=O) groups is 3. The highest BCUT2D eigenvalue weighted by atomic mass is 35.5. The monoisotopic (exact) mass is 482 g/mol. The molecule has 2 heterocycles. The lowest BCUT2D eigenvalue weighted by Crippen LogP contribution is -2.68. The van der Waals surface area contributed by atoms with Crippen molar-refractivity contribution in [2.24, 2.45) is 5.18 Å². The van der Waals surface area contributed by atoms with Crippen molar-refractivity contribution in [1.82, 2.24) is 15.1 Å². The van der Waals surface area contributed by atoms with E-state index in [-0.39, 0.29) is 13.0 Å². The lowest BCUT2D eigenvalue weighted by molar-refractivity contribution is -0.118. The fraction of sp³-hybridized carbons (Fsp3) is 0.261. The average molecular weight is 483 g/mol. The van der Waals surface area contributed by atoms with Crippen LogP contribution >= 0.6 is 11.6 Å². The number of urea groups is 2. The Morgan fingerprint density at radius 1 is 1.24 bits per heavy atom. The number of carbonyl (C=O) groups excluding carboxylic acids is 3. The number of imide groups is 1. The third-order valence-electron chi connectivity index (χ3n) is 5.59. The van der Waals surface area contributed by atoms with E-state index in [1.54, 1.807) is 24.3 Å². The summed E-state index contributed by atoms with van der Waals surface area (Å²) in [6.07, 6.45) is 2.81. The Morgan fingerprint density at radius 3 is 2.74 bits per heavy atom. The molecule has 2 aromatic rings. The lowest BCUT2D eigenvalue weighted by Gasteiger charge is -2.43. The van der Waals surface area contributed by atoms with Crippen molar-refractivity contribution in [2.45, 2.75) is 32.2 Å². The number of nitrogens with zero attached hydrogens (tertiary/aromatic N) is 3. The van der Waals surface area contributed by atoms with Gasteiger partial charge in [0.05, 0.1) is 13.0 Å². The molecule has 10 nitrogen and oxygen atoms in total. The van der Waals surface area contributed by atoms with Crippen LogP contribution in [0.4, 0.5) is 21.0 Å². The first-order valence-corrected chi connectivity index (χ1v) is 11.1. The van der Waals surface area contributed by atoms with Crippen molar-refractivity contribution in [3.8, 4) is 0 Å². The molecular weight excluding hydrogens is 460 g/mol. The van der Waals surface area contributed by atoms with Gasteiger partial charge in [0.15, 0.2) is 6.29 Å². The molecule has 0 radical (unpaired) electrons. The summed E-state index contributed by atoms with van der Waals surface area (Å²) in [6.45, 7) is 2.37. The molecule has 5 amide bonds.